The van der Waals surface area contributed by atoms with Crippen LogP contribution in [0.3, 0.4) is 0 Å². The van der Waals surface area contributed by atoms with Crippen LogP contribution in [-0.2, 0) is 6.54 Å². The lowest BCUT2D eigenvalue weighted by Crippen LogP contribution is -2.30. The highest BCUT2D eigenvalue weighted by Gasteiger charge is 2.25. The first-order valence-corrected chi connectivity index (χ1v) is 8.51. The number of carbonyl (C=O) groups is 1. The third-order valence-corrected chi connectivity index (χ3v) is 4.65. The predicted molar refractivity (Wildman–Crippen MR) is 97.6 cm³/mol. The lowest BCUT2D eigenvalue weighted by Gasteiger charge is -2.26. The summed E-state index contributed by atoms with van der Waals surface area (Å²) in [5, 5.41) is 2.65. The first-order valence-electron chi connectivity index (χ1n) is 8.14. The number of amides is 1. The molecule has 1 aromatic heterocycles. The number of rotatable bonds is 2. The van der Waals surface area contributed by atoms with Gasteiger partial charge in [0.1, 0.15) is 29.1 Å². The summed E-state index contributed by atoms with van der Waals surface area (Å²) in [4.78, 5) is 25.5. The van der Waals surface area contributed by atoms with Crippen LogP contribution in [0.15, 0.2) is 41.3 Å². The fourth-order valence-electron chi connectivity index (χ4n) is 3.17. The molecule has 1 N–H and O–H groups in total. The molecule has 0 saturated carbocycles. The maximum Gasteiger partial charge on any atom is 0.261 e. The van der Waals surface area contributed by atoms with Gasteiger partial charge in [0.2, 0.25) is 5.43 Å². The second-order valence-corrected chi connectivity index (χ2v) is 6.71. The van der Waals surface area contributed by atoms with Gasteiger partial charge in [-0.15, -0.1) is 0 Å². The van der Waals surface area contributed by atoms with Gasteiger partial charge in [0.25, 0.3) is 5.91 Å². The molecule has 0 aliphatic carbocycles. The molecule has 8 heteroatoms. The van der Waals surface area contributed by atoms with Crippen molar-refractivity contribution in [3.05, 3.63) is 69.0 Å². The predicted octanol–water partition coefficient (Wildman–Crippen LogP) is 3.97. The quantitative estimate of drug-likeness (QED) is 0.720. The molecule has 5 nitrogen and oxygen atoms in total. The summed E-state index contributed by atoms with van der Waals surface area (Å²) in [5.41, 5.74) is -0.503. The number of aromatic nitrogens is 1. The minimum absolute atomic E-state index is 0.160. The van der Waals surface area contributed by atoms with Crippen LogP contribution >= 0.6 is 11.6 Å². The van der Waals surface area contributed by atoms with Crippen molar-refractivity contribution in [2.75, 3.05) is 5.32 Å². The third kappa shape index (κ3) is 2.94. The Morgan fingerprint density at radius 1 is 1.30 bits per heavy atom. The number of benzene rings is 2. The van der Waals surface area contributed by atoms with Crippen molar-refractivity contribution in [1.29, 1.82) is 0 Å². The molecule has 2 heterocycles. The first-order chi connectivity index (χ1) is 12.8. The van der Waals surface area contributed by atoms with Crippen molar-refractivity contribution in [2.24, 2.45) is 0 Å². The van der Waals surface area contributed by atoms with Crippen LogP contribution < -0.4 is 15.5 Å². The molecule has 1 aliphatic heterocycles. The number of halogens is 3. The Kier molecular flexibility index (Phi) is 4.11. The number of carbonyl (C=O) groups excluding carboxylic acids is 1. The van der Waals surface area contributed by atoms with E-state index in [0.29, 0.717) is 23.9 Å². The summed E-state index contributed by atoms with van der Waals surface area (Å²) in [6, 6.07) is 5.95. The van der Waals surface area contributed by atoms with E-state index in [2.05, 4.69) is 5.32 Å². The fourth-order valence-corrected chi connectivity index (χ4v) is 3.41. The number of nitrogens with one attached hydrogen (secondary N) is 1. The molecular formula is C19H13ClF2N2O3. The van der Waals surface area contributed by atoms with E-state index in [0.717, 1.165) is 12.1 Å². The Labute approximate surface area is 157 Å². The maximum absolute atomic E-state index is 13.8. The Morgan fingerprint density at radius 2 is 2.07 bits per heavy atom. The monoisotopic (exact) mass is 390 g/mol. The van der Waals surface area contributed by atoms with Crippen LogP contribution in [0.1, 0.15) is 17.3 Å². The topological polar surface area (TPSA) is 60.3 Å². The highest BCUT2D eigenvalue weighted by atomic mass is 35.5. The van der Waals surface area contributed by atoms with Gasteiger partial charge in [-0.25, -0.2) is 8.78 Å². The number of pyridine rings is 1. The first kappa shape index (κ1) is 17.5. The smallest absolute Gasteiger partial charge is 0.261 e. The van der Waals surface area contributed by atoms with Gasteiger partial charge in [-0.3, -0.25) is 9.59 Å². The molecular weight excluding hydrogens is 378 g/mol. The normalized spacial score (nSPS) is 15.5. The van der Waals surface area contributed by atoms with E-state index in [1.54, 1.807) is 10.6 Å². The number of hydrogen-bond donors (Lipinski definition) is 1. The SMILES string of the molecule is CC1Cn2cc(C(=O)Nc3ccc(F)cc3F)c(=O)c3c(Cl)ccc(c32)O1. The van der Waals surface area contributed by atoms with E-state index in [1.807, 2.05) is 6.92 Å². The zero-order valence-corrected chi connectivity index (χ0v) is 14.8. The standard InChI is InChI=1S/C19H13ClF2N2O3/c1-9-7-24-8-11(19(26)23-14-4-2-10(21)6-13(14)22)18(25)16-12(20)3-5-15(27-9)17(16)24/h2-6,8-9H,7H2,1H3,(H,23,26). The molecule has 1 atom stereocenters. The van der Waals surface area contributed by atoms with Crippen LogP contribution in [0.5, 0.6) is 5.75 Å². The Hall–Kier alpha value is -2.93. The molecule has 0 saturated heterocycles. The molecule has 1 unspecified atom stereocenters. The van der Waals surface area contributed by atoms with Crippen LogP contribution in [0.4, 0.5) is 14.5 Å². The zero-order chi connectivity index (χ0) is 19.3. The second-order valence-electron chi connectivity index (χ2n) is 6.30. The molecule has 4 rings (SSSR count). The number of hydrogen-bond acceptors (Lipinski definition) is 3. The number of nitrogens with zero attached hydrogens (tertiary/aromatic N) is 1. The Balaban J connectivity index is 1.85. The van der Waals surface area contributed by atoms with Gasteiger partial charge >= 0.3 is 0 Å². The summed E-state index contributed by atoms with van der Waals surface area (Å²) in [5.74, 6) is -2.01. The zero-order valence-electron chi connectivity index (χ0n) is 14.1. The van der Waals surface area contributed by atoms with Crippen LogP contribution in [0.2, 0.25) is 5.02 Å². The molecule has 1 aliphatic rings. The van der Waals surface area contributed by atoms with Gasteiger partial charge in [0, 0.05) is 12.3 Å². The van der Waals surface area contributed by atoms with Crippen LogP contribution in [0, 0.1) is 11.6 Å². The summed E-state index contributed by atoms with van der Waals surface area (Å²) >= 11 is 6.20. The van der Waals surface area contributed by atoms with Crippen LogP contribution in [0.25, 0.3) is 10.9 Å². The Morgan fingerprint density at radius 3 is 2.81 bits per heavy atom. The largest absolute Gasteiger partial charge is 0.487 e. The van der Waals surface area contributed by atoms with E-state index in [-0.39, 0.29) is 27.8 Å². The van der Waals surface area contributed by atoms with Crippen LogP contribution in [-0.4, -0.2) is 16.6 Å². The average Bonchev–Trinajstić information content (AvgIpc) is 2.61. The van der Waals surface area contributed by atoms with Gasteiger partial charge in [-0.05, 0) is 31.2 Å². The van der Waals surface area contributed by atoms with E-state index < -0.39 is 23.0 Å². The van der Waals surface area contributed by atoms with Crippen molar-refractivity contribution in [2.45, 2.75) is 19.6 Å². The lowest BCUT2D eigenvalue weighted by molar-refractivity contribution is 0.102. The molecule has 0 spiro atoms. The fraction of sp³-hybridized carbons (Fsp3) is 0.158. The third-order valence-electron chi connectivity index (χ3n) is 4.34. The lowest BCUT2D eigenvalue weighted by atomic mass is 10.1. The van der Waals surface area contributed by atoms with Gasteiger partial charge in [-0.1, -0.05) is 11.6 Å². The Bertz CT molecular complexity index is 1160. The minimum Gasteiger partial charge on any atom is -0.487 e. The molecule has 138 valence electrons. The van der Waals surface area contributed by atoms with Crippen molar-refractivity contribution in [3.63, 3.8) is 0 Å². The highest BCUT2D eigenvalue weighted by molar-refractivity contribution is 6.35. The molecule has 0 bridgehead atoms. The summed E-state index contributed by atoms with van der Waals surface area (Å²) in [7, 11) is 0. The summed E-state index contributed by atoms with van der Waals surface area (Å²) in [6.45, 7) is 2.27. The molecule has 0 fully saturated rings. The van der Waals surface area contributed by atoms with Crippen molar-refractivity contribution >= 4 is 34.1 Å². The van der Waals surface area contributed by atoms with E-state index in [9.17, 15) is 18.4 Å². The van der Waals surface area contributed by atoms with E-state index in [4.69, 9.17) is 16.3 Å². The maximum atomic E-state index is 13.8. The van der Waals surface area contributed by atoms with Gasteiger partial charge in [0.05, 0.1) is 28.2 Å². The van der Waals surface area contributed by atoms with Crippen molar-refractivity contribution in [1.82, 2.24) is 4.57 Å². The number of anilines is 1. The molecule has 0 radical (unpaired) electrons. The number of ether oxygens (including phenoxy) is 1. The molecule has 27 heavy (non-hydrogen) atoms. The van der Waals surface area contributed by atoms with Gasteiger partial charge < -0.3 is 14.6 Å². The average molecular weight is 391 g/mol. The van der Waals surface area contributed by atoms with Crippen molar-refractivity contribution in [3.8, 4) is 5.75 Å². The van der Waals surface area contributed by atoms with Crippen molar-refractivity contribution < 1.29 is 18.3 Å². The molecule has 2 aromatic carbocycles. The van der Waals surface area contributed by atoms with E-state index in [1.165, 1.54) is 12.3 Å². The van der Waals surface area contributed by atoms with Gasteiger partial charge in [0.15, 0.2) is 0 Å². The summed E-state index contributed by atoms with van der Waals surface area (Å²) < 4.78 is 34.3. The molecule has 3 aromatic rings. The van der Waals surface area contributed by atoms with E-state index >= 15 is 0 Å². The molecule has 1 amide bonds. The highest BCUT2D eigenvalue weighted by Crippen LogP contribution is 2.33. The summed E-state index contributed by atoms with van der Waals surface area (Å²) in [6.07, 6.45) is 1.23. The second kappa shape index (κ2) is 6.35. The minimum atomic E-state index is -0.937. The van der Waals surface area contributed by atoms with Gasteiger partial charge in [-0.2, -0.15) is 0 Å².